The molecule has 0 saturated heterocycles. The van der Waals surface area contributed by atoms with Gasteiger partial charge in [-0.25, -0.2) is 15.0 Å². The number of amides is 1. The summed E-state index contributed by atoms with van der Waals surface area (Å²) in [4.78, 5) is 29.3. The van der Waals surface area contributed by atoms with Crippen LogP contribution in [0.3, 0.4) is 0 Å². The second-order valence-electron chi connectivity index (χ2n) is 6.77. The number of hydrogen-bond acceptors (Lipinski definition) is 4. The van der Waals surface area contributed by atoms with Crippen molar-refractivity contribution in [1.29, 1.82) is 0 Å². The van der Waals surface area contributed by atoms with Crippen LogP contribution in [0.2, 0.25) is 0 Å². The summed E-state index contributed by atoms with van der Waals surface area (Å²) in [7, 11) is 1.65. The smallest absolute Gasteiger partial charge is 0.341 e. The van der Waals surface area contributed by atoms with Gasteiger partial charge in [0.15, 0.2) is 11.6 Å². The van der Waals surface area contributed by atoms with Crippen LogP contribution < -0.4 is 4.90 Å². The van der Waals surface area contributed by atoms with Crippen LogP contribution in [-0.2, 0) is 6.18 Å². The summed E-state index contributed by atoms with van der Waals surface area (Å²) in [5, 5.41) is 0.311. The predicted molar refractivity (Wildman–Crippen MR) is 106 cm³/mol. The average Bonchev–Trinajstić information content (AvgIpc) is 3.26. The van der Waals surface area contributed by atoms with Gasteiger partial charge in [-0.05, 0) is 48.9 Å². The van der Waals surface area contributed by atoms with Gasteiger partial charge in [0.05, 0.1) is 11.1 Å². The van der Waals surface area contributed by atoms with Crippen molar-refractivity contribution in [1.82, 2.24) is 19.9 Å². The number of alkyl halides is 3. The molecule has 0 saturated carbocycles. The van der Waals surface area contributed by atoms with E-state index in [4.69, 9.17) is 0 Å². The Hall–Kier alpha value is -3.75. The van der Waals surface area contributed by atoms with E-state index in [0.717, 1.165) is 17.7 Å². The Kier molecular flexibility index (Phi) is 4.73. The Bertz CT molecular complexity index is 1240. The minimum Gasteiger partial charge on any atom is -0.341 e. The molecule has 0 radical (unpaired) electrons. The minimum absolute atomic E-state index is 0.233. The van der Waals surface area contributed by atoms with E-state index >= 15 is 0 Å². The number of carbonyl (C=O) groups excluding carboxylic acids is 1. The van der Waals surface area contributed by atoms with Crippen LogP contribution in [0, 0.1) is 6.92 Å². The maximum atomic E-state index is 12.9. The molecule has 0 unspecified atom stereocenters. The summed E-state index contributed by atoms with van der Waals surface area (Å²) in [6.07, 6.45) is 0.0408. The number of fused-ring (bicyclic) bond motifs is 1. The van der Waals surface area contributed by atoms with Crippen molar-refractivity contribution >= 4 is 22.5 Å². The van der Waals surface area contributed by atoms with Crippen LogP contribution in [0.4, 0.5) is 18.9 Å². The lowest BCUT2D eigenvalue weighted by molar-refractivity contribution is -0.137. The molecule has 0 atom stereocenters. The molecular formula is C21H16F3N5O. The van der Waals surface area contributed by atoms with Crippen LogP contribution in [0.25, 0.3) is 22.3 Å². The van der Waals surface area contributed by atoms with E-state index in [2.05, 4.69) is 19.9 Å². The normalized spacial score (nSPS) is 11.6. The van der Waals surface area contributed by atoms with Gasteiger partial charge in [0, 0.05) is 42.3 Å². The van der Waals surface area contributed by atoms with Gasteiger partial charge in [0.1, 0.15) is 0 Å². The number of nitrogens with zero attached hydrogens (tertiary/aromatic N) is 4. The quantitative estimate of drug-likeness (QED) is 0.534. The first-order valence-electron chi connectivity index (χ1n) is 8.96. The van der Waals surface area contributed by atoms with E-state index in [1.807, 2.05) is 13.0 Å². The molecule has 30 heavy (non-hydrogen) atoms. The van der Waals surface area contributed by atoms with Crippen molar-refractivity contribution in [3.05, 3.63) is 71.9 Å². The molecule has 0 fully saturated rings. The third-order valence-corrected chi connectivity index (χ3v) is 4.73. The van der Waals surface area contributed by atoms with E-state index in [1.165, 1.54) is 23.4 Å². The van der Waals surface area contributed by atoms with Crippen LogP contribution in [-0.4, -0.2) is 32.9 Å². The fourth-order valence-electron chi connectivity index (χ4n) is 3.17. The van der Waals surface area contributed by atoms with E-state index in [1.54, 1.807) is 25.4 Å². The molecule has 6 nitrogen and oxygen atoms in total. The van der Waals surface area contributed by atoms with Crippen molar-refractivity contribution in [3.8, 4) is 11.4 Å². The number of aromatic nitrogens is 4. The molecule has 1 amide bonds. The van der Waals surface area contributed by atoms with Gasteiger partial charge in [-0.3, -0.25) is 4.79 Å². The molecule has 4 rings (SSSR count). The first kappa shape index (κ1) is 19.6. The summed E-state index contributed by atoms with van der Waals surface area (Å²) >= 11 is 0. The number of halogens is 3. The molecule has 0 aliphatic rings. The Morgan fingerprint density at radius 1 is 1.10 bits per heavy atom. The van der Waals surface area contributed by atoms with Gasteiger partial charge in [0.2, 0.25) is 0 Å². The Morgan fingerprint density at radius 2 is 1.90 bits per heavy atom. The van der Waals surface area contributed by atoms with Crippen molar-refractivity contribution in [2.45, 2.75) is 13.1 Å². The Balaban J connectivity index is 1.65. The number of H-pyrrole nitrogens is 1. The zero-order valence-corrected chi connectivity index (χ0v) is 16.0. The van der Waals surface area contributed by atoms with Crippen molar-refractivity contribution in [2.75, 3.05) is 11.9 Å². The molecule has 0 aliphatic carbocycles. The SMILES string of the molecule is Cc1cc(-c2ncc3cc(C(F)(F)F)ccc3n2)ccc1N(C)C(=O)c1ncc[nH]1. The Labute approximate surface area is 169 Å². The Morgan fingerprint density at radius 3 is 2.57 bits per heavy atom. The number of anilines is 1. The fourth-order valence-corrected chi connectivity index (χ4v) is 3.17. The lowest BCUT2D eigenvalue weighted by atomic mass is 10.1. The topological polar surface area (TPSA) is 74.8 Å². The second-order valence-corrected chi connectivity index (χ2v) is 6.77. The zero-order valence-electron chi connectivity index (χ0n) is 16.0. The molecule has 0 aliphatic heterocycles. The molecule has 1 N–H and O–H groups in total. The number of aryl methyl sites for hydroxylation is 1. The highest BCUT2D eigenvalue weighted by Gasteiger charge is 2.30. The molecule has 0 bridgehead atoms. The third kappa shape index (κ3) is 3.61. The predicted octanol–water partition coefficient (Wildman–Crippen LogP) is 4.62. The fraction of sp³-hybridized carbons (Fsp3) is 0.143. The lowest BCUT2D eigenvalue weighted by Gasteiger charge is -2.19. The number of carbonyl (C=O) groups is 1. The molecule has 2 aromatic carbocycles. The van der Waals surface area contributed by atoms with Gasteiger partial charge < -0.3 is 9.88 Å². The van der Waals surface area contributed by atoms with Gasteiger partial charge in [-0.15, -0.1) is 0 Å². The molecule has 4 aromatic rings. The number of rotatable bonds is 3. The van der Waals surface area contributed by atoms with Crippen LogP contribution >= 0.6 is 0 Å². The first-order chi connectivity index (χ1) is 14.2. The van der Waals surface area contributed by atoms with Gasteiger partial charge in [-0.2, -0.15) is 13.2 Å². The molecule has 2 heterocycles. The van der Waals surface area contributed by atoms with Crippen LogP contribution in [0.1, 0.15) is 21.7 Å². The summed E-state index contributed by atoms with van der Waals surface area (Å²) in [5.41, 5.74) is 1.87. The zero-order chi connectivity index (χ0) is 21.5. The van der Waals surface area contributed by atoms with Gasteiger partial charge in [0.25, 0.3) is 5.91 Å². The number of nitrogens with one attached hydrogen (secondary N) is 1. The number of benzene rings is 2. The standard InChI is InChI=1S/C21H16F3N5O/c1-12-9-13(3-6-17(12)29(2)20(30)19-25-7-8-26-19)18-27-11-14-10-15(21(22,23)24)4-5-16(14)28-18/h3-11H,1-2H3,(H,25,26). The summed E-state index contributed by atoms with van der Waals surface area (Å²) in [5.74, 6) is 0.340. The van der Waals surface area contributed by atoms with E-state index in [0.29, 0.717) is 28.0 Å². The molecule has 0 spiro atoms. The van der Waals surface area contributed by atoms with Crippen molar-refractivity contribution in [2.24, 2.45) is 0 Å². The molecule has 2 aromatic heterocycles. The van der Waals surface area contributed by atoms with E-state index in [9.17, 15) is 18.0 Å². The number of imidazole rings is 1. The first-order valence-corrected chi connectivity index (χ1v) is 8.96. The number of hydrogen-bond donors (Lipinski definition) is 1. The molecular weight excluding hydrogens is 395 g/mol. The highest BCUT2D eigenvalue weighted by Crippen LogP contribution is 2.32. The summed E-state index contributed by atoms with van der Waals surface area (Å²) in [6, 6.07) is 8.73. The van der Waals surface area contributed by atoms with Crippen molar-refractivity contribution in [3.63, 3.8) is 0 Å². The summed E-state index contributed by atoms with van der Waals surface area (Å²) < 4.78 is 38.6. The van der Waals surface area contributed by atoms with E-state index < -0.39 is 11.7 Å². The maximum absolute atomic E-state index is 12.9. The van der Waals surface area contributed by atoms with Gasteiger partial charge in [-0.1, -0.05) is 0 Å². The lowest BCUT2D eigenvalue weighted by Crippen LogP contribution is -2.27. The second kappa shape index (κ2) is 7.25. The molecule has 9 heteroatoms. The highest BCUT2D eigenvalue weighted by atomic mass is 19.4. The molecule has 152 valence electrons. The minimum atomic E-state index is -4.42. The van der Waals surface area contributed by atoms with Crippen LogP contribution in [0.15, 0.2) is 55.0 Å². The van der Waals surface area contributed by atoms with E-state index in [-0.39, 0.29) is 11.7 Å². The average molecular weight is 411 g/mol. The third-order valence-electron chi connectivity index (χ3n) is 4.73. The monoisotopic (exact) mass is 411 g/mol. The maximum Gasteiger partial charge on any atom is 0.416 e. The largest absolute Gasteiger partial charge is 0.416 e. The summed E-state index contributed by atoms with van der Waals surface area (Å²) in [6.45, 7) is 1.85. The van der Waals surface area contributed by atoms with Crippen molar-refractivity contribution < 1.29 is 18.0 Å². The van der Waals surface area contributed by atoms with Crippen LogP contribution in [0.5, 0.6) is 0 Å². The van der Waals surface area contributed by atoms with Gasteiger partial charge >= 0.3 is 6.18 Å². The number of aromatic amines is 1. The highest BCUT2D eigenvalue weighted by molar-refractivity contribution is 6.03.